The fourth-order valence-corrected chi connectivity index (χ4v) is 4.11. The largest absolute Gasteiger partial charge is 0.492 e. The van der Waals surface area contributed by atoms with Gasteiger partial charge in [0.25, 0.3) is 0 Å². The fraction of sp³-hybridized carbons (Fsp3) is 0.667. The predicted molar refractivity (Wildman–Crippen MR) is 84.3 cm³/mol. The van der Waals surface area contributed by atoms with Crippen LogP contribution in [0, 0.1) is 17.7 Å². The Hall–Kier alpha value is -1.25. The first-order valence-corrected chi connectivity index (χ1v) is 8.45. The lowest BCUT2D eigenvalue weighted by Gasteiger charge is -2.40. The molecule has 2 aliphatic rings. The van der Waals surface area contributed by atoms with Crippen LogP contribution in [-0.4, -0.2) is 12.6 Å². The van der Waals surface area contributed by atoms with Gasteiger partial charge >= 0.3 is 0 Å². The van der Waals surface area contributed by atoms with Gasteiger partial charge in [-0.2, -0.15) is 0 Å². The van der Waals surface area contributed by atoms with E-state index in [0.717, 1.165) is 17.5 Å². The third-order valence-corrected chi connectivity index (χ3v) is 5.14. The molecular formula is C18H26FNO. The summed E-state index contributed by atoms with van der Waals surface area (Å²) in [7, 11) is 0. The summed E-state index contributed by atoms with van der Waals surface area (Å²) >= 11 is 0. The molecule has 0 spiro atoms. The molecule has 0 radical (unpaired) electrons. The highest BCUT2D eigenvalue weighted by Gasteiger charge is 2.32. The van der Waals surface area contributed by atoms with Crippen LogP contribution in [0.1, 0.15) is 51.9 Å². The Morgan fingerprint density at radius 2 is 1.95 bits per heavy atom. The Morgan fingerprint density at radius 3 is 2.76 bits per heavy atom. The van der Waals surface area contributed by atoms with Crippen LogP contribution < -0.4 is 10.1 Å². The number of halogens is 1. The molecule has 3 heteroatoms. The van der Waals surface area contributed by atoms with Crippen LogP contribution in [0.15, 0.2) is 18.2 Å². The number of nitrogens with one attached hydrogen (secondary N) is 1. The highest BCUT2D eigenvalue weighted by molar-refractivity contribution is 5.57. The first kappa shape index (κ1) is 14.7. The average Bonchev–Trinajstić information content (AvgIpc) is 2.50. The Balaban J connectivity index is 1.66. The summed E-state index contributed by atoms with van der Waals surface area (Å²) < 4.78 is 18.9. The van der Waals surface area contributed by atoms with E-state index in [0.29, 0.717) is 18.4 Å². The SMILES string of the molecule is CCOc1cc(F)ccc1NC1CCC2CCCCC2C1. The van der Waals surface area contributed by atoms with Crippen molar-refractivity contribution < 1.29 is 9.13 Å². The van der Waals surface area contributed by atoms with E-state index >= 15 is 0 Å². The van der Waals surface area contributed by atoms with Crippen LogP contribution in [0.3, 0.4) is 0 Å². The van der Waals surface area contributed by atoms with Crippen molar-refractivity contribution in [2.45, 2.75) is 57.9 Å². The Bertz CT molecular complexity index is 476. The van der Waals surface area contributed by atoms with E-state index in [2.05, 4.69) is 5.32 Å². The number of anilines is 1. The Kier molecular flexibility index (Phi) is 4.67. The molecule has 0 aliphatic heterocycles. The Labute approximate surface area is 127 Å². The van der Waals surface area contributed by atoms with E-state index in [4.69, 9.17) is 4.74 Å². The van der Waals surface area contributed by atoms with Gasteiger partial charge in [-0.3, -0.25) is 0 Å². The smallest absolute Gasteiger partial charge is 0.145 e. The van der Waals surface area contributed by atoms with Gasteiger partial charge in [0.05, 0.1) is 12.3 Å². The number of hydrogen-bond donors (Lipinski definition) is 1. The number of hydrogen-bond acceptors (Lipinski definition) is 2. The van der Waals surface area contributed by atoms with Crippen molar-refractivity contribution in [2.24, 2.45) is 11.8 Å². The molecule has 21 heavy (non-hydrogen) atoms. The Morgan fingerprint density at radius 1 is 1.14 bits per heavy atom. The maximum atomic E-state index is 13.4. The van der Waals surface area contributed by atoms with Gasteiger partial charge in [0, 0.05) is 12.1 Å². The van der Waals surface area contributed by atoms with Crippen molar-refractivity contribution in [1.29, 1.82) is 0 Å². The summed E-state index contributed by atoms with van der Waals surface area (Å²) in [6.45, 7) is 2.50. The molecule has 116 valence electrons. The second-order valence-electron chi connectivity index (χ2n) is 6.53. The monoisotopic (exact) mass is 291 g/mol. The number of benzene rings is 1. The van der Waals surface area contributed by atoms with Crippen LogP contribution in [-0.2, 0) is 0 Å². The molecule has 0 bridgehead atoms. The quantitative estimate of drug-likeness (QED) is 0.843. The van der Waals surface area contributed by atoms with E-state index < -0.39 is 0 Å². The van der Waals surface area contributed by atoms with Gasteiger partial charge in [-0.05, 0) is 50.2 Å². The van der Waals surface area contributed by atoms with Crippen molar-refractivity contribution >= 4 is 5.69 Å². The van der Waals surface area contributed by atoms with Crippen molar-refractivity contribution in [3.8, 4) is 5.75 Å². The maximum absolute atomic E-state index is 13.4. The van der Waals surface area contributed by atoms with Gasteiger partial charge in [0.2, 0.25) is 0 Å². The molecule has 0 amide bonds. The van der Waals surface area contributed by atoms with E-state index in [1.165, 1.54) is 57.1 Å². The normalized spacial score (nSPS) is 28.8. The van der Waals surface area contributed by atoms with Crippen LogP contribution in [0.25, 0.3) is 0 Å². The lowest BCUT2D eigenvalue weighted by molar-refractivity contribution is 0.162. The molecule has 3 atom stereocenters. The van der Waals surface area contributed by atoms with Gasteiger partial charge in [0.1, 0.15) is 11.6 Å². The van der Waals surface area contributed by atoms with Gasteiger partial charge in [0.15, 0.2) is 0 Å². The van der Waals surface area contributed by atoms with Gasteiger partial charge in [-0.1, -0.05) is 25.7 Å². The molecule has 2 fully saturated rings. The number of fused-ring (bicyclic) bond motifs is 1. The molecule has 1 N–H and O–H groups in total. The molecule has 1 aromatic carbocycles. The molecule has 2 aliphatic carbocycles. The van der Waals surface area contributed by atoms with Crippen LogP contribution in [0.4, 0.5) is 10.1 Å². The lowest BCUT2D eigenvalue weighted by Crippen LogP contribution is -2.34. The summed E-state index contributed by atoms with van der Waals surface area (Å²) in [5.41, 5.74) is 0.942. The molecule has 3 unspecified atom stereocenters. The van der Waals surface area contributed by atoms with Crippen molar-refractivity contribution in [3.05, 3.63) is 24.0 Å². The van der Waals surface area contributed by atoms with Crippen LogP contribution in [0.5, 0.6) is 5.75 Å². The van der Waals surface area contributed by atoms with Gasteiger partial charge < -0.3 is 10.1 Å². The maximum Gasteiger partial charge on any atom is 0.145 e. The minimum absolute atomic E-state index is 0.236. The second kappa shape index (κ2) is 6.67. The zero-order valence-corrected chi connectivity index (χ0v) is 12.9. The minimum atomic E-state index is -0.236. The van der Waals surface area contributed by atoms with Gasteiger partial charge in [-0.25, -0.2) is 4.39 Å². The van der Waals surface area contributed by atoms with E-state index in [1.807, 2.05) is 13.0 Å². The first-order valence-electron chi connectivity index (χ1n) is 8.45. The number of rotatable bonds is 4. The molecular weight excluding hydrogens is 265 g/mol. The molecule has 2 saturated carbocycles. The third kappa shape index (κ3) is 3.50. The van der Waals surface area contributed by atoms with Crippen LogP contribution >= 0.6 is 0 Å². The van der Waals surface area contributed by atoms with Crippen molar-refractivity contribution in [1.82, 2.24) is 0 Å². The van der Waals surface area contributed by atoms with Crippen LogP contribution in [0.2, 0.25) is 0 Å². The third-order valence-electron chi connectivity index (χ3n) is 5.14. The lowest BCUT2D eigenvalue weighted by atomic mass is 9.69. The summed E-state index contributed by atoms with van der Waals surface area (Å²) in [6.07, 6.45) is 9.47. The number of ether oxygens (including phenoxy) is 1. The highest BCUT2D eigenvalue weighted by atomic mass is 19.1. The summed E-state index contributed by atoms with van der Waals surface area (Å²) in [4.78, 5) is 0. The topological polar surface area (TPSA) is 21.3 Å². The van der Waals surface area contributed by atoms with Gasteiger partial charge in [-0.15, -0.1) is 0 Å². The predicted octanol–water partition coefficient (Wildman–Crippen LogP) is 5.00. The van der Waals surface area contributed by atoms with E-state index in [1.54, 1.807) is 0 Å². The highest BCUT2D eigenvalue weighted by Crippen LogP contribution is 2.41. The molecule has 0 heterocycles. The molecule has 2 nitrogen and oxygen atoms in total. The first-order chi connectivity index (χ1) is 10.3. The van der Waals surface area contributed by atoms with Crippen molar-refractivity contribution in [3.63, 3.8) is 0 Å². The average molecular weight is 291 g/mol. The molecule has 3 rings (SSSR count). The molecule has 0 saturated heterocycles. The minimum Gasteiger partial charge on any atom is -0.492 e. The summed E-state index contributed by atoms with van der Waals surface area (Å²) in [5.74, 6) is 2.25. The summed E-state index contributed by atoms with van der Waals surface area (Å²) in [6, 6.07) is 5.32. The zero-order valence-electron chi connectivity index (χ0n) is 12.9. The fourth-order valence-electron chi connectivity index (χ4n) is 4.11. The molecule has 0 aromatic heterocycles. The van der Waals surface area contributed by atoms with E-state index in [9.17, 15) is 4.39 Å². The van der Waals surface area contributed by atoms with E-state index in [-0.39, 0.29) is 5.82 Å². The standard InChI is InChI=1S/C18H26FNO/c1-2-21-18-12-15(19)8-10-17(18)20-16-9-7-13-5-3-4-6-14(13)11-16/h8,10,12-14,16,20H,2-7,9,11H2,1H3. The molecule has 1 aromatic rings. The second-order valence-corrected chi connectivity index (χ2v) is 6.53. The summed E-state index contributed by atoms with van der Waals surface area (Å²) in [5, 5.41) is 3.60. The zero-order chi connectivity index (χ0) is 14.7. The van der Waals surface area contributed by atoms with Crippen molar-refractivity contribution in [2.75, 3.05) is 11.9 Å².